The van der Waals surface area contributed by atoms with Crippen molar-refractivity contribution in [2.75, 3.05) is 38.5 Å². The lowest BCUT2D eigenvalue weighted by molar-refractivity contribution is -0.895. The van der Waals surface area contributed by atoms with Gasteiger partial charge in [0.15, 0.2) is 11.6 Å². The molecule has 3 heterocycles. The summed E-state index contributed by atoms with van der Waals surface area (Å²) in [4.78, 5) is 16.9. The van der Waals surface area contributed by atoms with Gasteiger partial charge in [0.2, 0.25) is 0 Å². The van der Waals surface area contributed by atoms with Crippen LogP contribution in [0.3, 0.4) is 0 Å². The normalized spacial score (nSPS) is 20.7. The predicted octanol–water partition coefficient (Wildman–Crippen LogP) is 2.61. The number of allylic oxidation sites excluding steroid dienone is 2. The number of Topliss-reactive ketones (excluding diaryl/α,β-unsaturated/α-hetero) is 1. The number of ketones is 1. The number of hydrogen-bond acceptors (Lipinski definition) is 5. The fourth-order valence-electron chi connectivity index (χ4n) is 3.80. The van der Waals surface area contributed by atoms with E-state index in [0.29, 0.717) is 22.9 Å². The molecular weight excluding hydrogens is 340 g/mol. The van der Waals surface area contributed by atoms with Crippen molar-refractivity contribution < 1.29 is 9.28 Å². The van der Waals surface area contributed by atoms with Crippen LogP contribution in [0, 0.1) is 5.41 Å². The van der Waals surface area contributed by atoms with Crippen molar-refractivity contribution in [3.8, 4) is 0 Å². The molecule has 2 aromatic heterocycles. The third-order valence-electron chi connectivity index (χ3n) is 5.42. The minimum absolute atomic E-state index is 0.104. The van der Waals surface area contributed by atoms with E-state index in [1.807, 2.05) is 24.4 Å². The summed E-state index contributed by atoms with van der Waals surface area (Å²) in [5.41, 5.74) is 2.24. The van der Waals surface area contributed by atoms with Gasteiger partial charge in [-0.1, -0.05) is 6.07 Å². The molecule has 7 heteroatoms. The summed E-state index contributed by atoms with van der Waals surface area (Å²) in [6.45, 7) is 4.31. The van der Waals surface area contributed by atoms with Crippen molar-refractivity contribution in [3.05, 3.63) is 36.5 Å². The third-order valence-corrected chi connectivity index (χ3v) is 5.42. The van der Waals surface area contributed by atoms with E-state index in [1.165, 1.54) is 25.9 Å². The van der Waals surface area contributed by atoms with Gasteiger partial charge in [0.1, 0.15) is 11.4 Å². The number of fused-ring (bicyclic) bond motifs is 1. The molecule has 7 nitrogen and oxygen atoms in total. The lowest BCUT2D eigenvalue weighted by Gasteiger charge is -2.29. The zero-order valence-electron chi connectivity index (χ0n) is 15.6. The van der Waals surface area contributed by atoms with E-state index in [4.69, 9.17) is 5.41 Å². The topological polar surface area (TPSA) is 82.6 Å². The highest BCUT2D eigenvalue weighted by Crippen LogP contribution is 2.30. The molecular formula is C20H25N6O+. The van der Waals surface area contributed by atoms with Crippen LogP contribution in [0.2, 0.25) is 0 Å². The minimum atomic E-state index is -0.126. The van der Waals surface area contributed by atoms with Crippen LogP contribution in [0.1, 0.15) is 19.3 Å². The van der Waals surface area contributed by atoms with Crippen molar-refractivity contribution in [2.45, 2.75) is 19.3 Å². The Kier molecular flexibility index (Phi) is 4.61. The van der Waals surface area contributed by atoms with Gasteiger partial charge >= 0.3 is 0 Å². The number of likely N-dealkylation sites (N-methyl/N-ethyl adjacent to an activating group) is 1. The van der Waals surface area contributed by atoms with Crippen molar-refractivity contribution >= 4 is 34.2 Å². The number of aliphatic imine (C=N–C) groups is 1. The number of rotatable bonds is 5. The molecule has 1 aliphatic carbocycles. The summed E-state index contributed by atoms with van der Waals surface area (Å²) in [6, 6.07) is 5.81. The molecule has 1 saturated heterocycles. The van der Waals surface area contributed by atoms with E-state index in [9.17, 15) is 4.79 Å². The first kappa shape index (κ1) is 17.6. The van der Waals surface area contributed by atoms with E-state index < -0.39 is 0 Å². The second-order valence-electron chi connectivity index (χ2n) is 7.61. The maximum atomic E-state index is 12.2. The molecule has 0 amide bonds. The van der Waals surface area contributed by atoms with Crippen molar-refractivity contribution in [2.24, 2.45) is 4.99 Å². The first-order chi connectivity index (χ1) is 13.0. The lowest BCUT2D eigenvalue weighted by Crippen LogP contribution is -2.44. The van der Waals surface area contributed by atoms with Crippen LogP contribution in [-0.4, -0.2) is 64.5 Å². The van der Waals surface area contributed by atoms with Crippen molar-refractivity contribution in [1.29, 1.82) is 5.41 Å². The standard InChI is InChI=1S/C20H25N6O/c1-26(11-4-5-12-26)13-9-22-20-19(17-6-2-3-10-25(17)24-20)23-16-8-7-15(21)14-18(16)27/h2-3,6-8,10,21H,4-5,9,11-14H2,1H3,(H,22,24)/q+1. The fourth-order valence-corrected chi connectivity index (χ4v) is 3.80. The number of nitrogens with one attached hydrogen (secondary N) is 2. The molecule has 0 aromatic carbocycles. The molecule has 27 heavy (non-hydrogen) atoms. The molecule has 0 spiro atoms. The fraction of sp³-hybridized carbons (Fsp3) is 0.400. The third kappa shape index (κ3) is 3.68. The SMILES string of the molecule is C[N+]1(CCNc2nn3ccccc3c2N=C2C=CC(=N)CC2=O)CCCC1. The molecule has 2 aliphatic rings. The van der Waals surface area contributed by atoms with Gasteiger partial charge < -0.3 is 15.2 Å². The Balaban J connectivity index is 1.62. The molecule has 140 valence electrons. The van der Waals surface area contributed by atoms with Crippen molar-refractivity contribution in [1.82, 2.24) is 9.61 Å². The van der Waals surface area contributed by atoms with Gasteiger partial charge in [-0.15, -0.1) is 5.10 Å². The molecule has 0 radical (unpaired) electrons. The molecule has 0 unspecified atom stereocenters. The first-order valence-electron chi connectivity index (χ1n) is 9.46. The van der Waals surface area contributed by atoms with Gasteiger partial charge in [0.25, 0.3) is 0 Å². The summed E-state index contributed by atoms with van der Waals surface area (Å²) in [5, 5.41) is 15.7. The number of carbonyl (C=O) groups excluding carboxylic acids is 1. The highest BCUT2D eigenvalue weighted by Gasteiger charge is 2.26. The number of hydrogen-bond donors (Lipinski definition) is 2. The minimum Gasteiger partial charge on any atom is -0.361 e. The monoisotopic (exact) mass is 365 g/mol. The summed E-state index contributed by atoms with van der Waals surface area (Å²) < 4.78 is 2.88. The molecule has 0 saturated carbocycles. The van der Waals surface area contributed by atoms with Crippen LogP contribution in [0.25, 0.3) is 5.52 Å². The largest absolute Gasteiger partial charge is 0.361 e. The predicted molar refractivity (Wildman–Crippen MR) is 107 cm³/mol. The Labute approximate surface area is 158 Å². The molecule has 1 fully saturated rings. The summed E-state index contributed by atoms with van der Waals surface area (Å²) in [5.74, 6) is 0.570. The highest BCUT2D eigenvalue weighted by molar-refractivity contribution is 6.50. The zero-order chi connectivity index (χ0) is 18.9. The molecule has 2 aromatic rings. The van der Waals surface area contributed by atoms with Gasteiger partial charge in [-0.25, -0.2) is 9.51 Å². The maximum Gasteiger partial charge on any atom is 0.187 e. The summed E-state index contributed by atoms with van der Waals surface area (Å²) in [7, 11) is 2.31. The van der Waals surface area contributed by atoms with E-state index in [0.717, 1.165) is 23.1 Å². The quantitative estimate of drug-likeness (QED) is 0.799. The van der Waals surface area contributed by atoms with Gasteiger partial charge in [0.05, 0.1) is 45.2 Å². The van der Waals surface area contributed by atoms with Gasteiger partial charge in [0, 0.05) is 24.8 Å². The summed E-state index contributed by atoms with van der Waals surface area (Å²) >= 11 is 0. The number of pyridine rings is 1. The highest BCUT2D eigenvalue weighted by atomic mass is 16.1. The first-order valence-corrected chi connectivity index (χ1v) is 9.46. The van der Waals surface area contributed by atoms with Gasteiger partial charge in [-0.05, 0) is 24.3 Å². The molecule has 4 rings (SSSR count). The van der Waals surface area contributed by atoms with E-state index in [1.54, 1.807) is 16.7 Å². The average molecular weight is 365 g/mol. The van der Waals surface area contributed by atoms with Crippen LogP contribution in [-0.2, 0) is 4.79 Å². The van der Waals surface area contributed by atoms with E-state index in [2.05, 4.69) is 22.5 Å². The maximum absolute atomic E-state index is 12.2. The van der Waals surface area contributed by atoms with Crippen molar-refractivity contribution in [3.63, 3.8) is 0 Å². The Morgan fingerprint density at radius 3 is 2.89 bits per heavy atom. The molecule has 2 N–H and O–H groups in total. The van der Waals surface area contributed by atoms with Gasteiger partial charge in [-0.3, -0.25) is 4.79 Å². The van der Waals surface area contributed by atoms with Gasteiger partial charge in [-0.2, -0.15) is 0 Å². The van der Waals surface area contributed by atoms with Crippen LogP contribution in [0.15, 0.2) is 41.5 Å². The van der Waals surface area contributed by atoms with E-state index >= 15 is 0 Å². The molecule has 1 aliphatic heterocycles. The number of likely N-dealkylation sites (tertiary alicyclic amines) is 1. The Morgan fingerprint density at radius 1 is 1.30 bits per heavy atom. The average Bonchev–Trinajstić information content (AvgIpc) is 3.22. The van der Waals surface area contributed by atoms with Crippen LogP contribution >= 0.6 is 0 Å². The molecule has 0 bridgehead atoms. The zero-order valence-corrected chi connectivity index (χ0v) is 15.6. The van der Waals surface area contributed by atoms with Crippen LogP contribution in [0.5, 0.6) is 0 Å². The number of nitrogens with zero attached hydrogens (tertiary/aromatic N) is 4. The number of anilines is 1. The second kappa shape index (κ2) is 7.08. The lowest BCUT2D eigenvalue weighted by atomic mass is 10.0. The van der Waals surface area contributed by atoms with E-state index in [-0.39, 0.29) is 12.2 Å². The van der Waals surface area contributed by atoms with Crippen LogP contribution < -0.4 is 5.32 Å². The Hall–Kier alpha value is -2.80. The second-order valence-corrected chi connectivity index (χ2v) is 7.61. The number of aromatic nitrogens is 2. The smallest absolute Gasteiger partial charge is 0.187 e. The Morgan fingerprint density at radius 2 is 2.11 bits per heavy atom. The number of quaternary nitrogens is 1. The molecule has 0 atom stereocenters. The number of carbonyl (C=O) groups is 1. The summed E-state index contributed by atoms with van der Waals surface area (Å²) in [6.07, 6.45) is 7.85. The van der Waals surface area contributed by atoms with Crippen LogP contribution in [0.4, 0.5) is 11.5 Å². The Bertz CT molecular complexity index is 949.